The SMILES string of the molecule is Cc1cccc(C2C3=CCC4C(=O)N(c5ccc(Cl)cc5)C(=O)C4C3CC3C(=O)N(c4cc(-c5sc6ccc(Cl)cc6c5C)nn4C)C(=O)C32C)c1O. The van der Waals surface area contributed by atoms with Gasteiger partial charge in [0, 0.05) is 39.3 Å². The van der Waals surface area contributed by atoms with Gasteiger partial charge in [0.05, 0.1) is 33.7 Å². The number of carbonyl (C=O) groups is 4. The van der Waals surface area contributed by atoms with Crippen molar-refractivity contribution in [3.63, 3.8) is 0 Å². The smallest absolute Gasteiger partial charge is 0.242 e. The number of nitrogens with zero attached hydrogens (tertiary/aromatic N) is 4. The third-order valence-corrected chi connectivity index (χ3v) is 13.9. The van der Waals surface area contributed by atoms with Gasteiger partial charge in [-0.05, 0) is 98.5 Å². The highest BCUT2D eigenvalue weighted by Crippen LogP contribution is 2.64. The zero-order valence-electron chi connectivity index (χ0n) is 29.3. The molecule has 12 heteroatoms. The number of aromatic nitrogens is 2. The number of anilines is 2. The van der Waals surface area contributed by atoms with E-state index in [1.165, 1.54) is 9.80 Å². The van der Waals surface area contributed by atoms with E-state index in [-0.39, 0.29) is 24.0 Å². The van der Waals surface area contributed by atoms with Crippen molar-refractivity contribution in [2.24, 2.45) is 36.1 Å². The number of halogens is 2. The Morgan fingerprint density at radius 1 is 0.887 bits per heavy atom. The van der Waals surface area contributed by atoms with Crippen molar-refractivity contribution in [1.29, 1.82) is 0 Å². The Balaban J connectivity index is 1.16. The number of rotatable bonds is 4. The minimum absolute atomic E-state index is 0.0413. The average molecular weight is 766 g/mol. The van der Waals surface area contributed by atoms with Crippen LogP contribution in [0, 0.1) is 42.9 Å². The molecule has 0 bridgehead atoms. The van der Waals surface area contributed by atoms with Crippen LogP contribution in [-0.2, 0) is 26.2 Å². The number of aryl methyl sites for hydroxylation is 3. The van der Waals surface area contributed by atoms with Crippen molar-refractivity contribution in [3.05, 3.63) is 105 Å². The fourth-order valence-electron chi connectivity index (χ4n) is 9.55. The molecule has 1 N–H and O–H groups in total. The van der Waals surface area contributed by atoms with Gasteiger partial charge in [-0.15, -0.1) is 11.3 Å². The number of fused-ring (bicyclic) bond motifs is 5. The van der Waals surface area contributed by atoms with E-state index >= 15 is 4.79 Å². The molecule has 0 radical (unpaired) electrons. The Bertz CT molecular complexity index is 2490. The predicted octanol–water partition coefficient (Wildman–Crippen LogP) is 8.37. The molecule has 268 valence electrons. The molecule has 2 aromatic heterocycles. The number of benzene rings is 3. The molecule has 9 rings (SSSR count). The van der Waals surface area contributed by atoms with Crippen molar-refractivity contribution < 1.29 is 24.3 Å². The topological polar surface area (TPSA) is 113 Å². The van der Waals surface area contributed by atoms with Crippen molar-refractivity contribution in [3.8, 4) is 16.3 Å². The summed E-state index contributed by atoms with van der Waals surface area (Å²) >= 11 is 14.0. The van der Waals surface area contributed by atoms with Gasteiger partial charge in [0.25, 0.3) is 0 Å². The first-order valence-corrected chi connectivity index (χ1v) is 19.1. The van der Waals surface area contributed by atoms with Crippen LogP contribution in [0.4, 0.5) is 11.5 Å². The van der Waals surface area contributed by atoms with E-state index in [4.69, 9.17) is 28.3 Å². The van der Waals surface area contributed by atoms with Gasteiger partial charge in [0.1, 0.15) is 17.3 Å². The molecule has 1 saturated carbocycles. The normalized spacial score (nSPS) is 26.7. The standard InChI is InChI=1S/C41H34Cl2N4O5S/c1-19-6-5-7-26(35(19)48)34-24-13-14-25-33(39(51)46(37(25)49)23-11-8-21(42)9-12-23)28(24)17-29-38(50)47(40(52)41(29,34)3)32-18-30(44-45(32)4)36-20(2)27-16-22(43)10-15-31(27)53-36/h5-13,15-16,18,25,28-29,33-34,48H,14,17H2,1-4H3. The highest BCUT2D eigenvalue weighted by atomic mass is 35.5. The van der Waals surface area contributed by atoms with Gasteiger partial charge in [-0.25, -0.2) is 4.90 Å². The highest BCUT2D eigenvalue weighted by Gasteiger charge is 2.68. The molecule has 3 aromatic carbocycles. The molecule has 6 unspecified atom stereocenters. The second-order valence-corrected chi connectivity index (χ2v) is 16.8. The first kappa shape index (κ1) is 34.0. The number of para-hydroxylation sites is 1. The Morgan fingerprint density at radius 2 is 1.62 bits per heavy atom. The van der Waals surface area contributed by atoms with Crippen molar-refractivity contribution in [2.45, 2.75) is 39.5 Å². The van der Waals surface area contributed by atoms with Gasteiger partial charge in [-0.2, -0.15) is 5.10 Å². The molecule has 4 aliphatic rings. The zero-order chi connectivity index (χ0) is 37.2. The summed E-state index contributed by atoms with van der Waals surface area (Å²) in [5, 5.41) is 18.5. The number of phenolic OH excluding ortho intramolecular Hbond substituents is 1. The van der Waals surface area contributed by atoms with E-state index in [0.717, 1.165) is 26.1 Å². The maximum Gasteiger partial charge on any atom is 0.242 e. The fourth-order valence-corrected chi connectivity index (χ4v) is 11.0. The van der Waals surface area contributed by atoms with E-state index in [0.29, 0.717) is 44.8 Å². The van der Waals surface area contributed by atoms with E-state index in [1.54, 1.807) is 72.5 Å². The first-order valence-electron chi connectivity index (χ1n) is 17.5. The van der Waals surface area contributed by atoms with Gasteiger partial charge >= 0.3 is 0 Å². The number of amides is 4. The molecule has 4 heterocycles. The second kappa shape index (κ2) is 11.9. The van der Waals surface area contributed by atoms with Gasteiger partial charge in [-0.3, -0.25) is 28.8 Å². The molecule has 9 nitrogen and oxygen atoms in total. The van der Waals surface area contributed by atoms with Crippen molar-refractivity contribution in [1.82, 2.24) is 9.78 Å². The van der Waals surface area contributed by atoms with E-state index in [2.05, 4.69) is 0 Å². The van der Waals surface area contributed by atoms with E-state index in [1.807, 2.05) is 44.2 Å². The Hall–Kier alpha value is -4.77. The molecular weight excluding hydrogens is 731 g/mol. The van der Waals surface area contributed by atoms with Gasteiger partial charge in [0.15, 0.2) is 0 Å². The average Bonchev–Trinajstić information content (AvgIpc) is 3.80. The van der Waals surface area contributed by atoms with Crippen LogP contribution >= 0.6 is 34.5 Å². The number of carbonyl (C=O) groups excluding carboxylic acids is 4. The van der Waals surface area contributed by atoms with Crippen LogP contribution in [0.1, 0.15) is 42.4 Å². The Morgan fingerprint density at radius 3 is 2.38 bits per heavy atom. The lowest BCUT2D eigenvalue weighted by Gasteiger charge is -2.49. The van der Waals surface area contributed by atoms with Crippen LogP contribution in [0.25, 0.3) is 20.7 Å². The molecule has 3 fully saturated rings. The Labute approximate surface area is 319 Å². The number of thiophene rings is 1. The fraction of sp³-hybridized carbons (Fsp3) is 0.293. The maximum absolute atomic E-state index is 15.1. The van der Waals surface area contributed by atoms with Crippen LogP contribution < -0.4 is 9.80 Å². The molecule has 2 aliphatic heterocycles. The number of hydrogen-bond acceptors (Lipinski definition) is 7. The van der Waals surface area contributed by atoms with E-state index < -0.39 is 46.8 Å². The van der Waals surface area contributed by atoms with Gasteiger partial charge < -0.3 is 5.11 Å². The lowest BCUT2D eigenvalue weighted by molar-refractivity contribution is -0.131. The Kier molecular flexibility index (Phi) is 7.62. The lowest BCUT2D eigenvalue weighted by atomic mass is 9.51. The summed E-state index contributed by atoms with van der Waals surface area (Å²) < 4.78 is 2.61. The summed E-state index contributed by atoms with van der Waals surface area (Å²) in [5.41, 5.74) is 2.71. The third kappa shape index (κ3) is 4.71. The van der Waals surface area contributed by atoms with Crippen LogP contribution in [0.2, 0.25) is 10.0 Å². The molecule has 0 spiro atoms. The largest absolute Gasteiger partial charge is 0.507 e. The summed E-state index contributed by atoms with van der Waals surface area (Å²) in [5.74, 6) is -4.49. The summed E-state index contributed by atoms with van der Waals surface area (Å²) in [6.07, 6.45) is 2.48. The highest BCUT2D eigenvalue weighted by molar-refractivity contribution is 7.22. The minimum atomic E-state index is -1.31. The van der Waals surface area contributed by atoms with Crippen molar-refractivity contribution >= 4 is 79.8 Å². The second-order valence-electron chi connectivity index (χ2n) is 14.9. The van der Waals surface area contributed by atoms with Crippen LogP contribution in [0.15, 0.2) is 78.4 Å². The molecular formula is C41H34Cl2N4O5S. The minimum Gasteiger partial charge on any atom is -0.507 e. The quantitative estimate of drug-likeness (QED) is 0.145. The van der Waals surface area contributed by atoms with Crippen LogP contribution in [0.5, 0.6) is 5.75 Å². The molecule has 6 atom stereocenters. The number of aromatic hydroxyl groups is 1. The van der Waals surface area contributed by atoms with Crippen molar-refractivity contribution in [2.75, 3.05) is 9.80 Å². The molecule has 2 saturated heterocycles. The third-order valence-electron chi connectivity index (χ3n) is 12.2. The maximum atomic E-state index is 15.1. The zero-order valence-corrected chi connectivity index (χ0v) is 31.6. The molecule has 53 heavy (non-hydrogen) atoms. The number of allylic oxidation sites excluding steroid dienone is 2. The summed E-state index contributed by atoms with van der Waals surface area (Å²) in [6, 6.07) is 19.5. The van der Waals surface area contributed by atoms with Crippen LogP contribution in [-0.4, -0.2) is 38.5 Å². The number of phenols is 1. The summed E-state index contributed by atoms with van der Waals surface area (Å²) in [6.45, 7) is 5.61. The molecule has 5 aromatic rings. The van der Waals surface area contributed by atoms with Crippen LogP contribution in [0.3, 0.4) is 0 Å². The number of hydrogen-bond donors (Lipinski definition) is 1. The van der Waals surface area contributed by atoms with E-state index in [9.17, 15) is 19.5 Å². The monoisotopic (exact) mass is 764 g/mol. The summed E-state index contributed by atoms with van der Waals surface area (Å²) in [4.78, 5) is 61.6. The first-order chi connectivity index (χ1) is 25.3. The van der Waals surface area contributed by atoms with Gasteiger partial charge in [-0.1, -0.05) is 53.1 Å². The molecule has 2 aliphatic carbocycles. The lowest BCUT2D eigenvalue weighted by Crippen LogP contribution is -2.49. The number of imide groups is 2. The summed E-state index contributed by atoms with van der Waals surface area (Å²) in [7, 11) is 1.72. The molecule has 4 amide bonds. The predicted molar refractivity (Wildman–Crippen MR) is 205 cm³/mol. The van der Waals surface area contributed by atoms with Gasteiger partial charge in [0.2, 0.25) is 23.6 Å².